The third-order valence-electron chi connectivity index (χ3n) is 2.54. The number of nitrogens with one attached hydrogen (secondary N) is 2. The Bertz CT molecular complexity index is 435. The standard InChI is InChI=1S/C12H16F3N3O2/c1-8(20-2)11(19)17-6-5-16-10-4-3-9(7-18-10)12(13,14)15/h3-4,7-8H,5-6H2,1-2H3,(H,16,18)(H,17,19). The molecular formula is C12H16F3N3O2. The summed E-state index contributed by atoms with van der Waals surface area (Å²) in [7, 11) is 1.43. The lowest BCUT2D eigenvalue weighted by molar-refractivity contribution is -0.137. The Hall–Kier alpha value is -1.83. The summed E-state index contributed by atoms with van der Waals surface area (Å²) in [5, 5.41) is 5.41. The van der Waals surface area contributed by atoms with Gasteiger partial charge in [0.1, 0.15) is 11.9 Å². The van der Waals surface area contributed by atoms with Gasteiger partial charge in [-0.05, 0) is 19.1 Å². The normalized spacial score (nSPS) is 12.8. The van der Waals surface area contributed by atoms with Gasteiger partial charge in [0.25, 0.3) is 0 Å². The molecule has 8 heteroatoms. The zero-order valence-corrected chi connectivity index (χ0v) is 11.1. The number of hydrogen-bond donors (Lipinski definition) is 2. The van der Waals surface area contributed by atoms with Crippen LogP contribution in [0.3, 0.4) is 0 Å². The fraction of sp³-hybridized carbons (Fsp3) is 0.500. The summed E-state index contributed by atoms with van der Waals surface area (Å²) in [6.45, 7) is 2.27. The smallest absolute Gasteiger partial charge is 0.372 e. The van der Waals surface area contributed by atoms with Gasteiger partial charge >= 0.3 is 6.18 Å². The molecule has 20 heavy (non-hydrogen) atoms. The van der Waals surface area contributed by atoms with Crippen LogP contribution in [-0.2, 0) is 15.7 Å². The molecule has 112 valence electrons. The van der Waals surface area contributed by atoms with Crippen molar-refractivity contribution in [1.29, 1.82) is 0 Å². The van der Waals surface area contributed by atoms with Gasteiger partial charge in [0.15, 0.2) is 0 Å². The van der Waals surface area contributed by atoms with Crippen molar-refractivity contribution in [2.24, 2.45) is 0 Å². The summed E-state index contributed by atoms with van der Waals surface area (Å²) in [6, 6.07) is 2.18. The molecule has 1 rings (SSSR count). The zero-order valence-electron chi connectivity index (χ0n) is 11.1. The van der Waals surface area contributed by atoms with E-state index in [0.717, 1.165) is 12.3 Å². The molecule has 1 aromatic heterocycles. The number of pyridine rings is 1. The number of rotatable bonds is 6. The molecule has 0 radical (unpaired) electrons. The number of carbonyl (C=O) groups is 1. The Morgan fingerprint density at radius 3 is 2.60 bits per heavy atom. The highest BCUT2D eigenvalue weighted by Crippen LogP contribution is 2.28. The zero-order chi connectivity index (χ0) is 15.2. The predicted molar refractivity (Wildman–Crippen MR) is 67.2 cm³/mol. The highest BCUT2D eigenvalue weighted by atomic mass is 19.4. The second kappa shape index (κ2) is 7.09. The fourth-order valence-corrected chi connectivity index (χ4v) is 1.29. The summed E-state index contributed by atoms with van der Waals surface area (Å²) < 4.78 is 41.7. The van der Waals surface area contributed by atoms with Gasteiger partial charge in [0.05, 0.1) is 5.56 Å². The number of halogens is 3. The van der Waals surface area contributed by atoms with Gasteiger partial charge in [-0.25, -0.2) is 4.98 Å². The van der Waals surface area contributed by atoms with E-state index >= 15 is 0 Å². The third-order valence-corrected chi connectivity index (χ3v) is 2.54. The van der Waals surface area contributed by atoms with Crippen molar-refractivity contribution in [1.82, 2.24) is 10.3 Å². The second-order valence-electron chi connectivity index (χ2n) is 4.03. The van der Waals surface area contributed by atoms with Crippen molar-refractivity contribution in [3.63, 3.8) is 0 Å². The van der Waals surface area contributed by atoms with Crippen LogP contribution in [0.2, 0.25) is 0 Å². The van der Waals surface area contributed by atoms with Gasteiger partial charge in [0, 0.05) is 26.4 Å². The highest BCUT2D eigenvalue weighted by molar-refractivity contribution is 5.80. The highest BCUT2D eigenvalue weighted by Gasteiger charge is 2.30. The van der Waals surface area contributed by atoms with Gasteiger partial charge in [-0.15, -0.1) is 0 Å². The van der Waals surface area contributed by atoms with Crippen molar-refractivity contribution >= 4 is 11.7 Å². The molecule has 1 unspecified atom stereocenters. The number of methoxy groups -OCH3 is 1. The summed E-state index contributed by atoms with van der Waals surface area (Å²) in [6.07, 6.45) is -4.18. The fourth-order valence-electron chi connectivity index (χ4n) is 1.29. The lowest BCUT2D eigenvalue weighted by Crippen LogP contribution is -2.36. The largest absolute Gasteiger partial charge is 0.417 e. The van der Waals surface area contributed by atoms with Gasteiger partial charge in [-0.3, -0.25) is 4.79 Å². The molecule has 0 aliphatic carbocycles. The number of aromatic nitrogens is 1. The number of nitrogens with zero attached hydrogens (tertiary/aromatic N) is 1. The van der Waals surface area contributed by atoms with E-state index in [9.17, 15) is 18.0 Å². The molecule has 1 heterocycles. The summed E-state index contributed by atoms with van der Waals surface area (Å²) in [5.74, 6) is 0.0571. The van der Waals surface area contributed by atoms with Crippen molar-refractivity contribution in [3.8, 4) is 0 Å². The van der Waals surface area contributed by atoms with Gasteiger partial charge in [0.2, 0.25) is 5.91 Å². The first-order valence-electron chi connectivity index (χ1n) is 5.92. The molecule has 1 aromatic rings. The molecule has 0 saturated heterocycles. The molecule has 1 atom stereocenters. The van der Waals surface area contributed by atoms with E-state index in [1.165, 1.54) is 13.2 Å². The summed E-state index contributed by atoms with van der Waals surface area (Å²) in [5.41, 5.74) is -0.801. The van der Waals surface area contributed by atoms with Crippen molar-refractivity contribution in [2.45, 2.75) is 19.2 Å². The lowest BCUT2D eigenvalue weighted by atomic mass is 10.3. The molecular weight excluding hydrogens is 275 g/mol. The first kappa shape index (κ1) is 16.2. The Balaban J connectivity index is 2.34. The molecule has 0 aliphatic heterocycles. The van der Waals surface area contributed by atoms with E-state index < -0.39 is 17.8 Å². The SMILES string of the molecule is COC(C)C(=O)NCCNc1ccc(C(F)(F)F)cn1. The van der Waals surface area contributed by atoms with Crippen LogP contribution in [0.25, 0.3) is 0 Å². The molecule has 0 spiro atoms. The molecule has 0 aromatic carbocycles. The monoisotopic (exact) mass is 291 g/mol. The Kier molecular flexibility index (Phi) is 5.75. The van der Waals surface area contributed by atoms with E-state index in [4.69, 9.17) is 4.74 Å². The van der Waals surface area contributed by atoms with Crippen molar-refractivity contribution in [2.75, 3.05) is 25.5 Å². The first-order valence-corrected chi connectivity index (χ1v) is 5.92. The van der Waals surface area contributed by atoms with Gasteiger partial charge < -0.3 is 15.4 Å². The number of amides is 1. The number of alkyl halides is 3. The van der Waals surface area contributed by atoms with E-state index in [0.29, 0.717) is 18.9 Å². The summed E-state index contributed by atoms with van der Waals surface area (Å²) >= 11 is 0. The number of hydrogen-bond acceptors (Lipinski definition) is 4. The number of carbonyl (C=O) groups excluding carboxylic acids is 1. The summed E-state index contributed by atoms with van der Waals surface area (Å²) in [4.78, 5) is 15.0. The van der Waals surface area contributed by atoms with Crippen molar-refractivity contribution in [3.05, 3.63) is 23.9 Å². The van der Waals surface area contributed by atoms with Crippen LogP contribution < -0.4 is 10.6 Å². The molecule has 0 fully saturated rings. The van der Waals surface area contributed by atoms with Crippen molar-refractivity contribution < 1.29 is 22.7 Å². The number of anilines is 1. The van der Waals surface area contributed by atoms with Crippen LogP contribution >= 0.6 is 0 Å². The van der Waals surface area contributed by atoms with Crippen LogP contribution in [0.1, 0.15) is 12.5 Å². The molecule has 2 N–H and O–H groups in total. The minimum absolute atomic E-state index is 0.255. The predicted octanol–water partition coefficient (Wildman–Crippen LogP) is 1.66. The molecule has 1 amide bonds. The van der Waals surface area contributed by atoms with Crippen LogP contribution in [0.4, 0.5) is 19.0 Å². The average Bonchev–Trinajstić information content (AvgIpc) is 2.42. The Morgan fingerprint density at radius 2 is 2.10 bits per heavy atom. The van der Waals surface area contributed by atoms with E-state index in [1.807, 2.05) is 0 Å². The lowest BCUT2D eigenvalue weighted by Gasteiger charge is -2.11. The van der Waals surface area contributed by atoms with Crippen LogP contribution in [0.15, 0.2) is 18.3 Å². The van der Waals surface area contributed by atoms with E-state index in [-0.39, 0.29) is 5.91 Å². The maximum atomic E-state index is 12.3. The third kappa shape index (κ3) is 5.04. The maximum Gasteiger partial charge on any atom is 0.417 e. The molecule has 5 nitrogen and oxygen atoms in total. The minimum Gasteiger partial charge on any atom is -0.372 e. The van der Waals surface area contributed by atoms with Crippen LogP contribution in [0, 0.1) is 0 Å². The van der Waals surface area contributed by atoms with Gasteiger partial charge in [-0.1, -0.05) is 0 Å². The Morgan fingerprint density at radius 1 is 1.40 bits per heavy atom. The van der Waals surface area contributed by atoms with Gasteiger partial charge in [-0.2, -0.15) is 13.2 Å². The van der Waals surface area contributed by atoms with E-state index in [1.54, 1.807) is 6.92 Å². The second-order valence-corrected chi connectivity index (χ2v) is 4.03. The topological polar surface area (TPSA) is 63.2 Å². The van der Waals surface area contributed by atoms with Crippen LogP contribution in [-0.4, -0.2) is 37.2 Å². The molecule has 0 bridgehead atoms. The average molecular weight is 291 g/mol. The number of ether oxygens (including phenoxy) is 1. The molecule has 0 aliphatic rings. The first-order chi connectivity index (χ1) is 9.34. The van der Waals surface area contributed by atoms with E-state index in [2.05, 4.69) is 15.6 Å². The molecule has 0 saturated carbocycles. The minimum atomic E-state index is -4.39. The Labute approximate surface area is 114 Å². The maximum absolute atomic E-state index is 12.3. The van der Waals surface area contributed by atoms with Crippen LogP contribution in [0.5, 0.6) is 0 Å². The quantitative estimate of drug-likeness (QED) is 0.783.